The fraction of sp³-hybridized carbons (Fsp3) is 0.429. The van der Waals surface area contributed by atoms with Crippen LogP contribution in [0.5, 0.6) is 5.75 Å². The molecule has 1 aromatic heterocycles. The highest BCUT2D eigenvalue weighted by atomic mass is 16.5. The van der Waals surface area contributed by atoms with Crippen molar-refractivity contribution in [3.05, 3.63) is 39.7 Å². The van der Waals surface area contributed by atoms with E-state index in [9.17, 15) is 24.3 Å². The van der Waals surface area contributed by atoms with Crippen LogP contribution in [0.15, 0.2) is 27.4 Å². The number of aliphatic carboxylic acids is 1. The van der Waals surface area contributed by atoms with Gasteiger partial charge in [-0.2, -0.15) is 0 Å². The summed E-state index contributed by atoms with van der Waals surface area (Å²) in [4.78, 5) is 46.9. The SMILES string of the molecule is CCC(C)C(NC(=O)CNC(=O)COc1cc(C)cc2oc(=O)cc(C)c12)C(=O)O. The number of ether oxygens (including phenoxy) is 1. The normalized spacial score (nSPS) is 12.8. The van der Waals surface area contributed by atoms with Crippen molar-refractivity contribution in [1.29, 1.82) is 0 Å². The molecule has 0 spiro atoms. The van der Waals surface area contributed by atoms with Gasteiger partial charge in [0.15, 0.2) is 6.61 Å². The van der Waals surface area contributed by atoms with E-state index in [1.807, 2.05) is 6.92 Å². The molecule has 0 bridgehead atoms. The Morgan fingerprint density at radius 1 is 1.17 bits per heavy atom. The highest BCUT2D eigenvalue weighted by molar-refractivity contribution is 5.89. The first-order valence-corrected chi connectivity index (χ1v) is 9.59. The number of rotatable bonds is 9. The molecular formula is C21H26N2O7. The van der Waals surface area contributed by atoms with Crippen molar-refractivity contribution in [2.45, 2.75) is 40.2 Å². The first kappa shape index (κ1) is 22.9. The number of fused-ring (bicyclic) bond motifs is 1. The Hall–Kier alpha value is -3.36. The number of amides is 2. The maximum atomic E-state index is 12.1. The molecule has 0 saturated carbocycles. The molecule has 3 N–H and O–H groups in total. The van der Waals surface area contributed by atoms with E-state index >= 15 is 0 Å². The number of nitrogens with one attached hydrogen (secondary N) is 2. The molecule has 2 rings (SSSR count). The minimum absolute atomic E-state index is 0.247. The molecule has 0 radical (unpaired) electrons. The van der Waals surface area contributed by atoms with Gasteiger partial charge < -0.3 is 24.9 Å². The standard InChI is InChI=1S/C21H26N2O7/c1-5-12(3)20(21(27)28)23-16(24)9-22-17(25)10-29-14-6-11(2)7-15-19(14)13(4)8-18(26)30-15/h6-8,12,20H,5,9-10H2,1-4H3,(H,22,25)(H,23,24)(H,27,28). The van der Waals surface area contributed by atoms with Crippen LogP contribution >= 0.6 is 0 Å². The zero-order valence-corrected chi connectivity index (χ0v) is 17.4. The second-order valence-corrected chi connectivity index (χ2v) is 7.22. The number of carboxylic acids is 1. The third kappa shape index (κ3) is 5.82. The fourth-order valence-electron chi connectivity index (χ4n) is 2.97. The molecule has 2 amide bonds. The second kappa shape index (κ2) is 9.91. The van der Waals surface area contributed by atoms with Crippen molar-refractivity contribution in [2.24, 2.45) is 5.92 Å². The summed E-state index contributed by atoms with van der Waals surface area (Å²) in [6.07, 6.45) is 0.585. The Bertz CT molecular complexity index is 1010. The summed E-state index contributed by atoms with van der Waals surface area (Å²) in [6, 6.07) is 3.74. The molecule has 0 aliphatic carbocycles. The lowest BCUT2D eigenvalue weighted by molar-refractivity contribution is -0.143. The zero-order chi connectivity index (χ0) is 22.4. The number of benzene rings is 1. The second-order valence-electron chi connectivity index (χ2n) is 7.22. The molecule has 1 heterocycles. The van der Waals surface area contributed by atoms with E-state index in [1.165, 1.54) is 6.07 Å². The van der Waals surface area contributed by atoms with Crippen LogP contribution in [0, 0.1) is 19.8 Å². The van der Waals surface area contributed by atoms with Crippen molar-refractivity contribution >= 4 is 28.8 Å². The van der Waals surface area contributed by atoms with Gasteiger partial charge in [0.1, 0.15) is 17.4 Å². The number of aryl methyl sites for hydroxylation is 2. The Morgan fingerprint density at radius 2 is 1.87 bits per heavy atom. The van der Waals surface area contributed by atoms with Gasteiger partial charge in [0.2, 0.25) is 5.91 Å². The molecule has 0 saturated heterocycles. The van der Waals surface area contributed by atoms with Crippen LogP contribution in [0.25, 0.3) is 11.0 Å². The van der Waals surface area contributed by atoms with Gasteiger partial charge in [-0.05, 0) is 43.0 Å². The van der Waals surface area contributed by atoms with E-state index in [4.69, 9.17) is 9.15 Å². The van der Waals surface area contributed by atoms with Gasteiger partial charge in [0.25, 0.3) is 5.91 Å². The van der Waals surface area contributed by atoms with Crippen LogP contribution in [0.3, 0.4) is 0 Å². The third-order valence-electron chi connectivity index (χ3n) is 4.75. The molecule has 0 aliphatic rings. The average molecular weight is 418 g/mol. The van der Waals surface area contributed by atoms with Gasteiger partial charge in [0.05, 0.1) is 11.9 Å². The van der Waals surface area contributed by atoms with Crippen molar-refractivity contribution in [3.63, 3.8) is 0 Å². The minimum Gasteiger partial charge on any atom is -0.483 e. The van der Waals surface area contributed by atoms with E-state index in [-0.39, 0.29) is 19.1 Å². The van der Waals surface area contributed by atoms with E-state index in [0.717, 1.165) is 5.56 Å². The maximum absolute atomic E-state index is 12.1. The van der Waals surface area contributed by atoms with Crippen LogP contribution in [-0.4, -0.2) is 42.1 Å². The summed E-state index contributed by atoms with van der Waals surface area (Å²) in [5.41, 5.74) is 1.33. The summed E-state index contributed by atoms with van der Waals surface area (Å²) < 4.78 is 10.8. The van der Waals surface area contributed by atoms with Crippen LogP contribution in [-0.2, 0) is 14.4 Å². The highest BCUT2D eigenvalue weighted by Gasteiger charge is 2.25. The van der Waals surface area contributed by atoms with Crippen LogP contribution < -0.4 is 21.0 Å². The Labute approximate surface area is 173 Å². The van der Waals surface area contributed by atoms with Gasteiger partial charge >= 0.3 is 11.6 Å². The quantitative estimate of drug-likeness (QED) is 0.526. The molecule has 2 unspecified atom stereocenters. The zero-order valence-electron chi connectivity index (χ0n) is 17.4. The summed E-state index contributed by atoms with van der Waals surface area (Å²) in [5, 5.41) is 14.6. The molecule has 162 valence electrons. The molecule has 9 nitrogen and oxygen atoms in total. The van der Waals surface area contributed by atoms with Gasteiger partial charge in [-0.3, -0.25) is 9.59 Å². The van der Waals surface area contributed by atoms with Crippen LogP contribution in [0.4, 0.5) is 0 Å². The molecular weight excluding hydrogens is 392 g/mol. The molecule has 0 aliphatic heterocycles. The molecule has 2 atom stereocenters. The van der Waals surface area contributed by atoms with E-state index < -0.39 is 29.5 Å². The molecule has 9 heteroatoms. The van der Waals surface area contributed by atoms with Gasteiger partial charge in [-0.1, -0.05) is 20.3 Å². The predicted molar refractivity (Wildman–Crippen MR) is 109 cm³/mol. The number of carboxylic acid groups (broad SMARTS) is 1. The molecule has 0 fully saturated rings. The minimum atomic E-state index is -1.12. The van der Waals surface area contributed by atoms with E-state index in [1.54, 1.807) is 32.9 Å². The summed E-state index contributed by atoms with van der Waals surface area (Å²) in [7, 11) is 0. The number of hydrogen-bond acceptors (Lipinski definition) is 6. The Morgan fingerprint density at radius 3 is 2.50 bits per heavy atom. The largest absolute Gasteiger partial charge is 0.483 e. The summed E-state index contributed by atoms with van der Waals surface area (Å²) >= 11 is 0. The highest BCUT2D eigenvalue weighted by Crippen LogP contribution is 2.29. The fourth-order valence-corrected chi connectivity index (χ4v) is 2.97. The summed E-state index contributed by atoms with van der Waals surface area (Å²) in [5.74, 6) is -2.14. The monoisotopic (exact) mass is 418 g/mol. The molecule has 1 aromatic carbocycles. The number of hydrogen-bond donors (Lipinski definition) is 3. The van der Waals surface area contributed by atoms with Gasteiger partial charge in [-0.25, -0.2) is 9.59 Å². The Kier molecular flexibility index (Phi) is 7.57. The average Bonchev–Trinajstić information content (AvgIpc) is 2.66. The Balaban J connectivity index is 1.98. The first-order valence-electron chi connectivity index (χ1n) is 9.59. The number of carbonyl (C=O) groups is 3. The third-order valence-corrected chi connectivity index (χ3v) is 4.75. The van der Waals surface area contributed by atoms with Crippen LogP contribution in [0.1, 0.15) is 31.4 Å². The molecule has 30 heavy (non-hydrogen) atoms. The van der Waals surface area contributed by atoms with Gasteiger partial charge in [0, 0.05) is 6.07 Å². The van der Waals surface area contributed by atoms with Crippen LogP contribution in [0.2, 0.25) is 0 Å². The lowest BCUT2D eigenvalue weighted by atomic mass is 9.99. The van der Waals surface area contributed by atoms with Crippen molar-refractivity contribution in [1.82, 2.24) is 10.6 Å². The van der Waals surface area contributed by atoms with E-state index in [2.05, 4.69) is 10.6 Å². The smallest absolute Gasteiger partial charge is 0.336 e. The molecule has 2 aromatic rings. The van der Waals surface area contributed by atoms with Crippen molar-refractivity contribution < 1.29 is 28.6 Å². The van der Waals surface area contributed by atoms with Gasteiger partial charge in [-0.15, -0.1) is 0 Å². The van der Waals surface area contributed by atoms with Crippen molar-refractivity contribution in [2.75, 3.05) is 13.2 Å². The lowest BCUT2D eigenvalue weighted by Crippen LogP contribution is -2.48. The van der Waals surface area contributed by atoms with Crippen molar-refractivity contribution in [3.8, 4) is 5.75 Å². The van der Waals surface area contributed by atoms with E-state index in [0.29, 0.717) is 28.7 Å². The topological polar surface area (TPSA) is 135 Å². The lowest BCUT2D eigenvalue weighted by Gasteiger charge is -2.20. The predicted octanol–water partition coefficient (Wildman–Crippen LogP) is 1.52. The summed E-state index contributed by atoms with van der Waals surface area (Å²) in [6.45, 7) is 6.36. The maximum Gasteiger partial charge on any atom is 0.336 e. The first-order chi connectivity index (χ1) is 14.1. The number of carbonyl (C=O) groups excluding carboxylic acids is 2.